The maximum Gasteiger partial charge on any atom is 0.357 e. The van der Waals surface area contributed by atoms with E-state index >= 15 is 0 Å². The minimum absolute atomic E-state index is 0.383. The van der Waals surface area contributed by atoms with Crippen LogP contribution in [0.15, 0.2) is 16.6 Å². The Kier molecular flexibility index (Phi) is 3.18. The molecule has 0 unspecified atom stereocenters. The minimum Gasteiger partial charge on any atom is -0.269 e. The molecule has 0 aliphatic carbocycles. The lowest BCUT2D eigenvalue weighted by Crippen LogP contribution is -2.11. The minimum atomic E-state index is -4.19. The smallest absolute Gasteiger partial charge is 0.269 e. The maximum atomic E-state index is 10.6. The van der Waals surface area contributed by atoms with Crippen molar-refractivity contribution in [3.05, 3.63) is 27.7 Å². The van der Waals surface area contributed by atoms with E-state index in [-0.39, 0.29) is 0 Å². The molecule has 0 fully saturated rings. The van der Waals surface area contributed by atoms with E-state index in [1.807, 2.05) is 11.6 Å². The molecule has 0 radical (unpaired) electrons. The van der Waals surface area contributed by atoms with Gasteiger partial charge in [-0.2, -0.15) is 8.42 Å². The first kappa shape index (κ1) is 11.5. The van der Waals surface area contributed by atoms with Gasteiger partial charge in [0.05, 0.1) is 5.69 Å². The quantitative estimate of drug-likeness (QED) is 0.817. The van der Waals surface area contributed by atoms with Crippen LogP contribution in [-0.4, -0.2) is 13.0 Å². The molecule has 6 heteroatoms. The summed E-state index contributed by atoms with van der Waals surface area (Å²) in [5.74, 6) is 0. The highest BCUT2D eigenvalue weighted by Gasteiger charge is 2.09. The third kappa shape index (κ3) is 2.70. The predicted molar refractivity (Wildman–Crippen MR) is 58.8 cm³/mol. The summed E-state index contributed by atoms with van der Waals surface area (Å²) in [6, 6.07) is 3.30. The Morgan fingerprint density at radius 3 is 2.36 bits per heavy atom. The van der Waals surface area contributed by atoms with E-state index in [1.54, 1.807) is 19.1 Å². The van der Waals surface area contributed by atoms with Gasteiger partial charge in [0.1, 0.15) is 0 Å². The van der Waals surface area contributed by atoms with E-state index < -0.39 is 10.3 Å². The zero-order chi connectivity index (χ0) is 10.9. The number of benzene rings is 1. The maximum absolute atomic E-state index is 10.6. The van der Waals surface area contributed by atoms with Crippen molar-refractivity contribution in [2.24, 2.45) is 0 Å². The van der Waals surface area contributed by atoms with E-state index in [0.29, 0.717) is 5.69 Å². The third-order valence-electron chi connectivity index (χ3n) is 1.96. The number of nitrogens with one attached hydrogen (secondary N) is 1. The molecule has 0 aromatic heterocycles. The fourth-order valence-electron chi connectivity index (χ4n) is 1.04. The summed E-state index contributed by atoms with van der Waals surface area (Å²) >= 11 is 3.32. The Bertz CT molecular complexity index is 456. The van der Waals surface area contributed by atoms with Gasteiger partial charge in [0, 0.05) is 4.47 Å². The van der Waals surface area contributed by atoms with Crippen LogP contribution < -0.4 is 4.72 Å². The first-order chi connectivity index (χ1) is 6.31. The van der Waals surface area contributed by atoms with Gasteiger partial charge in [-0.25, -0.2) is 0 Å². The Hall–Kier alpha value is -0.590. The highest BCUT2D eigenvalue weighted by atomic mass is 79.9. The highest BCUT2D eigenvalue weighted by Crippen LogP contribution is 2.26. The second kappa shape index (κ2) is 3.88. The molecule has 0 aliphatic rings. The van der Waals surface area contributed by atoms with Gasteiger partial charge in [-0.3, -0.25) is 9.27 Å². The summed E-state index contributed by atoms with van der Waals surface area (Å²) in [5.41, 5.74) is 2.09. The largest absolute Gasteiger partial charge is 0.357 e. The summed E-state index contributed by atoms with van der Waals surface area (Å²) < 4.78 is 32.7. The molecule has 1 aromatic rings. The van der Waals surface area contributed by atoms with Crippen molar-refractivity contribution in [1.82, 2.24) is 0 Å². The summed E-state index contributed by atoms with van der Waals surface area (Å²) in [6.07, 6.45) is 0. The predicted octanol–water partition coefficient (Wildman–Crippen LogP) is 2.28. The van der Waals surface area contributed by atoms with Gasteiger partial charge in [0.25, 0.3) is 0 Å². The molecule has 0 saturated heterocycles. The Balaban J connectivity index is 3.19. The van der Waals surface area contributed by atoms with Gasteiger partial charge >= 0.3 is 10.3 Å². The first-order valence-corrected chi connectivity index (χ1v) is 6.05. The van der Waals surface area contributed by atoms with Crippen LogP contribution in [0.3, 0.4) is 0 Å². The molecule has 4 nitrogen and oxygen atoms in total. The van der Waals surface area contributed by atoms with E-state index in [0.717, 1.165) is 15.6 Å². The Labute approximate surface area is 91.3 Å². The monoisotopic (exact) mass is 279 g/mol. The number of hydrogen-bond donors (Lipinski definition) is 2. The second-order valence-electron chi connectivity index (χ2n) is 2.92. The number of rotatable bonds is 2. The Morgan fingerprint density at radius 1 is 1.29 bits per heavy atom. The fourth-order valence-corrected chi connectivity index (χ4v) is 1.97. The fraction of sp³-hybridized carbons (Fsp3) is 0.250. The first-order valence-electron chi connectivity index (χ1n) is 3.82. The van der Waals surface area contributed by atoms with Crippen molar-refractivity contribution in [1.29, 1.82) is 0 Å². The number of halogens is 1. The van der Waals surface area contributed by atoms with Gasteiger partial charge in [0.15, 0.2) is 0 Å². The molecular formula is C8H10BrNO3S. The van der Waals surface area contributed by atoms with Crippen molar-refractivity contribution < 1.29 is 13.0 Å². The average molecular weight is 280 g/mol. The van der Waals surface area contributed by atoms with Crippen molar-refractivity contribution in [2.75, 3.05) is 4.72 Å². The van der Waals surface area contributed by atoms with Gasteiger partial charge in [-0.1, -0.05) is 15.9 Å². The highest BCUT2D eigenvalue weighted by molar-refractivity contribution is 9.10. The molecule has 0 heterocycles. The van der Waals surface area contributed by atoms with Crippen LogP contribution in [0.5, 0.6) is 0 Å². The van der Waals surface area contributed by atoms with Gasteiger partial charge in [-0.15, -0.1) is 0 Å². The van der Waals surface area contributed by atoms with Crippen LogP contribution in [0, 0.1) is 13.8 Å². The summed E-state index contributed by atoms with van der Waals surface area (Å²) in [6.45, 7) is 3.63. The van der Waals surface area contributed by atoms with E-state index in [9.17, 15) is 8.42 Å². The lowest BCUT2D eigenvalue weighted by atomic mass is 10.1. The van der Waals surface area contributed by atoms with Crippen LogP contribution in [0.4, 0.5) is 5.69 Å². The standard InChI is InChI=1S/C8H10BrNO3S/c1-5-6(2)8(4-3-7(5)9)10-14(11,12)13/h3-4,10H,1-2H3,(H,11,12,13). The van der Waals surface area contributed by atoms with E-state index in [4.69, 9.17) is 4.55 Å². The van der Waals surface area contributed by atoms with Crippen LogP contribution in [0.2, 0.25) is 0 Å². The van der Waals surface area contributed by atoms with Crippen molar-refractivity contribution in [3.8, 4) is 0 Å². The van der Waals surface area contributed by atoms with Crippen molar-refractivity contribution in [2.45, 2.75) is 13.8 Å². The topological polar surface area (TPSA) is 66.4 Å². The zero-order valence-corrected chi connectivity index (χ0v) is 10.1. The van der Waals surface area contributed by atoms with Gasteiger partial charge in [-0.05, 0) is 37.1 Å². The number of anilines is 1. The molecule has 0 aliphatic heterocycles. The molecule has 2 N–H and O–H groups in total. The summed E-state index contributed by atoms with van der Waals surface area (Å²) in [5, 5.41) is 0. The van der Waals surface area contributed by atoms with Crippen LogP contribution in [-0.2, 0) is 10.3 Å². The molecule has 0 spiro atoms. The zero-order valence-electron chi connectivity index (χ0n) is 7.70. The normalized spacial score (nSPS) is 11.4. The molecule has 0 atom stereocenters. The molecule has 0 bridgehead atoms. The lowest BCUT2D eigenvalue weighted by molar-refractivity contribution is 0.489. The molecule has 1 rings (SSSR count). The molecule has 0 saturated carbocycles. The molecule has 14 heavy (non-hydrogen) atoms. The number of hydrogen-bond acceptors (Lipinski definition) is 2. The van der Waals surface area contributed by atoms with Crippen molar-refractivity contribution in [3.63, 3.8) is 0 Å². The molecule has 78 valence electrons. The van der Waals surface area contributed by atoms with Gasteiger partial charge in [0.2, 0.25) is 0 Å². The average Bonchev–Trinajstić information content (AvgIpc) is 2.04. The third-order valence-corrected chi connectivity index (χ3v) is 3.30. The summed E-state index contributed by atoms with van der Waals surface area (Å²) in [7, 11) is -4.19. The van der Waals surface area contributed by atoms with Crippen LogP contribution in [0.25, 0.3) is 0 Å². The Morgan fingerprint density at radius 2 is 1.86 bits per heavy atom. The van der Waals surface area contributed by atoms with E-state index in [1.165, 1.54) is 0 Å². The molecule has 1 aromatic carbocycles. The molecule has 0 amide bonds. The second-order valence-corrected chi connectivity index (χ2v) is 4.93. The van der Waals surface area contributed by atoms with E-state index in [2.05, 4.69) is 15.9 Å². The summed E-state index contributed by atoms with van der Waals surface area (Å²) in [4.78, 5) is 0. The van der Waals surface area contributed by atoms with Crippen LogP contribution >= 0.6 is 15.9 Å². The van der Waals surface area contributed by atoms with Crippen LogP contribution in [0.1, 0.15) is 11.1 Å². The SMILES string of the molecule is Cc1c(Br)ccc(NS(=O)(=O)O)c1C. The van der Waals surface area contributed by atoms with Gasteiger partial charge < -0.3 is 0 Å². The lowest BCUT2D eigenvalue weighted by Gasteiger charge is -2.10. The molecular weight excluding hydrogens is 270 g/mol. The van der Waals surface area contributed by atoms with Crippen molar-refractivity contribution >= 4 is 31.9 Å².